The lowest BCUT2D eigenvalue weighted by atomic mass is 10.1. The summed E-state index contributed by atoms with van der Waals surface area (Å²) in [6.45, 7) is 0. The summed E-state index contributed by atoms with van der Waals surface area (Å²) in [5.41, 5.74) is 0.699. The van der Waals surface area contributed by atoms with E-state index in [2.05, 4.69) is 0 Å². The number of hydrogen-bond donors (Lipinski definition) is 1. The van der Waals surface area contributed by atoms with E-state index in [0.29, 0.717) is 11.3 Å². The number of aliphatic hydroxyl groups is 1. The van der Waals surface area contributed by atoms with Crippen LogP contribution in [0.5, 0.6) is 0 Å². The third-order valence-electron chi connectivity index (χ3n) is 1.67. The molecule has 0 amide bonds. The number of furan rings is 2. The van der Waals surface area contributed by atoms with Gasteiger partial charge in [-0.05, 0) is 18.2 Å². The standard InChI is InChI=1S/C9H8O3/c10-9(7-3-5-11-6-7)8-2-1-4-12-8/h1-6,9-10H. The first kappa shape index (κ1) is 7.18. The van der Waals surface area contributed by atoms with Crippen molar-refractivity contribution in [3.05, 3.63) is 48.3 Å². The van der Waals surface area contributed by atoms with Crippen LogP contribution in [0.15, 0.2) is 45.8 Å². The molecule has 0 radical (unpaired) electrons. The third kappa shape index (κ3) is 1.14. The van der Waals surface area contributed by atoms with Gasteiger partial charge in [-0.25, -0.2) is 0 Å². The summed E-state index contributed by atoms with van der Waals surface area (Å²) in [5, 5.41) is 9.62. The molecule has 2 rings (SSSR count). The van der Waals surface area contributed by atoms with Crippen molar-refractivity contribution in [3.8, 4) is 0 Å². The van der Waals surface area contributed by atoms with Crippen LogP contribution in [0.3, 0.4) is 0 Å². The normalized spacial score (nSPS) is 13.1. The molecule has 1 atom stereocenters. The SMILES string of the molecule is OC(c1ccoc1)c1ccco1. The lowest BCUT2D eigenvalue weighted by molar-refractivity contribution is 0.188. The highest BCUT2D eigenvalue weighted by Gasteiger charge is 2.13. The van der Waals surface area contributed by atoms with Crippen molar-refractivity contribution in [2.75, 3.05) is 0 Å². The van der Waals surface area contributed by atoms with Crippen LogP contribution in [0.25, 0.3) is 0 Å². The third-order valence-corrected chi connectivity index (χ3v) is 1.67. The molecule has 1 unspecified atom stereocenters. The van der Waals surface area contributed by atoms with Crippen molar-refractivity contribution < 1.29 is 13.9 Å². The molecule has 0 saturated carbocycles. The number of aliphatic hydroxyl groups excluding tert-OH is 1. The quantitative estimate of drug-likeness (QED) is 0.737. The first-order valence-electron chi connectivity index (χ1n) is 3.61. The van der Waals surface area contributed by atoms with E-state index in [4.69, 9.17) is 8.83 Å². The summed E-state index contributed by atoms with van der Waals surface area (Å²) >= 11 is 0. The number of hydrogen-bond acceptors (Lipinski definition) is 3. The van der Waals surface area contributed by atoms with E-state index in [0.717, 1.165) is 0 Å². The first-order chi connectivity index (χ1) is 5.88. The Morgan fingerprint density at radius 2 is 2.17 bits per heavy atom. The van der Waals surface area contributed by atoms with Crippen LogP contribution in [0.1, 0.15) is 17.4 Å². The topological polar surface area (TPSA) is 46.5 Å². The fraction of sp³-hybridized carbons (Fsp3) is 0.111. The summed E-state index contributed by atoms with van der Waals surface area (Å²) < 4.78 is 9.86. The minimum absolute atomic E-state index is 0.524. The fourth-order valence-corrected chi connectivity index (χ4v) is 1.04. The van der Waals surface area contributed by atoms with Crippen molar-refractivity contribution in [2.24, 2.45) is 0 Å². The molecule has 0 aromatic carbocycles. The highest BCUT2D eigenvalue weighted by molar-refractivity contribution is 5.19. The van der Waals surface area contributed by atoms with Gasteiger partial charge in [0.1, 0.15) is 11.9 Å². The summed E-state index contributed by atoms with van der Waals surface area (Å²) in [6.07, 6.45) is 3.81. The molecule has 0 bridgehead atoms. The van der Waals surface area contributed by atoms with Crippen LogP contribution in [-0.2, 0) is 0 Å². The second-order valence-electron chi connectivity index (χ2n) is 2.47. The molecule has 2 heterocycles. The van der Waals surface area contributed by atoms with E-state index in [1.165, 1.54) is 18.8 Å². The van der Waals surface area contributed by atoms with Crippen molar-refractivity contribution in [2.45, 2.75) is 6.10 Å². The fourth-order valence-electron chi connectivity index (χ4n) is 1.04. The van der Waals surface area contributed by atoms with E-state index in [1.54, 1.807) is 18.2 Å². The first-order valence-corrected chi connectivity index (χ1v) is 3.61. The van der Waals surface area contributed by atoms with Gasteiger partial charge < -0.3 is 13.9 Å². The smallest absolute Gasteiger partial charge is 0.140 e. The Hall–Kier alpha value is -1.48. The van der Waals surface area contributed by atoms with Crippen LogP contribution in [-0.4, -0.2) is 5.11 Å². The average Bonchev–Trinajstić information content (AvgIpc) is 2.77. The molecule has 2 aromatic heterocycles. The van der Waals surface area contributed by atoms with E-state index in [9.17, 15) is 5.11 Å². The Bertz CT molecular complexity index is 286. The summed E-state index contributed by atoms with van der Waals surface area (Å²) in [6, 6.07) is 5.16. The van der Waals surface area contributed by atoms with Crippen molar-refractivity contribution in [1.29, 1.82) is 0 Å². The lowest BCUT2D eigenvalue weighted by Crippen LogP contribution is -1.94. The average molecular weight is 164 g/mol. The van der Waals surface area contributed by atoms with Crippen LogP contribution in [0.4, 0.5) is 0 Å². The van der Waals surface area contributed by atoms with Crippen LogP contribution in [0.2, 0.25) is 0 Å². The zero-order valence-corrected chi connectivity index (χ0v) is 6.31. The van der Waals surface area contributed by atoms with Gasteiger partial charge in [-0.1, -0.05) is 0 Å². The second-order valence-corrected chi connectivity index (χ2v) is 2.47. The molecule has 12 heavy (non-hydrogen) atoms. The van der Waals surface area contributed by atoms with Crippen LogP contribution >= 0.6 is 0 Å². The predicted molar refractivity (Wildman–Crippen MR) is 41.5 cm³/mol. The molecule has 1 N–H and O–H groups in total. The maximum absolute atomic E-state index is 9.62. The van der Waals surface area contributed by atoms with E-state index in [1.807, 2.05) is 0 Å². The summed E-state index contributed by atoms with van der Waals surface area (Å²) in [4.78, 5) is 0. The zero-order valence-electron chi connectivity index (χ0n) is 6.31. The maximum Gasteiger partial charge on any atom is 0.140 e. The monoisotopic (exact) mass is 164 g/mol. The van der Waals surface area contributed by atoms with Gasteiger partial charge in [-0.3, -0.25) is 0 Å². The van der Waals surface area contributed by atoms with Gasteiger partial charge >= 0.3 is 0 Å². The minimum Gasteiger partial charge on any atom is -0.472 e. The van der Waals surface area contributed by atoms with Gasteiger partial charge in [-0.2, -0.15) is 0 Å². The van der Waals surface area contributed by atoms with Crippen molar-refractivity contribution in [3.63, 3.8) is 0 Å². The van der Waals surface area contributed by atoms with Crippen LogP contribution < -0.4 is 0 Å². The van der Waals surface area contributed by atoms with Gasteiger partial charge in [0.2, 0.25) is 0 Å². The Morgan fingerprint density at radius 3 is 2.75 bits per heavy atom. The molecule has 62 valence electrons. The molecule has 0 saturated heterocycles. The van der Waals surface area contributed by atoms with Gasteiger partial charge in [0, 0.05) is 5.56 Å². The van der Waals surface area contributed by atoms with Gasteiger partial charge in [0.15, 0.2) is 0 Å². The number of rotatable bonds is 2. The van der Waals surface area contributed by atoms with Crippen molar-refractivity contribution in [1.82, 2.24) is 0 Å². The molecule has 0 spiro atoms. The molecular weight excluding hydrogens is 156 g/mol. The molecule has 2 aromatic rings. The molecule has 3 nitrogen and oxygen atoms in total. The molecule has 0 aliphatic carbocycles. The molecule has 3 heteroatoms. The minimum atomic E-state index is -0.723. The Morgan fingerprint density at radius 1 is 1.25 bits per heavy atom. The lowest BCUT2D eigenvalue weighted by Gasteiger charge is -2.02. The predicted octanol–water partition coefficient (Wildman–Crippen LogP) is 1.95. The summed E-state index contributed by atoms with van der Waals surface area (Å²) in [7, 11) is 0. The highest BCUT2D eigenvalue weighted by atomic mass is 16.4. The van der Waals surface area contributed by atoms with E-state index < -0.39 is 6.10 Å². The Balaban J connectivity index is 2.27. The van der Waals surface area contributed by atoms with Crippen molar-refractivity contribution >= 4 is 0 Å². The zero-order chi connectivity index (χ0) is 8.39. The highest BCUT2D eigenvalue weighted by Crippen LogP contribution is 2.21. The largest absolute Gasteiger partial charge is 0.472 e. The van der Waals surface area contributed by atoms with Gasteiger partial charge in [0.05, 0.1) is 18.8 Å². The van der Waals surface area contributed by atoms with E-state index in [-0.39, 0.29) is 0 Å². The van der Waals surface area contributed by atoms with Crippen LogP contribution in [0, 0.1) is 0 Å². The molecular formula is C9H8O3. The van der Waals surface area contributed by atoms with E-state index >= 15 is 0 Å². The summed E-state index contributed by atoms with van der Waals surface area (Å²) in [5.74, 6) is 0.524. The molecule has 0 aliphatic heterocycles. The molecule has 0 fully saturated rings. The van der Waals surface area contributed by atoms with Gasteiger partial charge in [0.25, 0.3) is 0 Å². The Labute approximate surface area is 69.2 Å². The molecule has 0 aliphatic rings. The maximum atomic E-state index is 9.62. The second kappa shape index (κ2) is 2.87. The Kier molecular flexibility index (Phi) is 1.72. The van der Waals surface area contributed by atoms with Gasteiger partial charge in [-0.15, -0.1) is 0 Å².